The number of benzene rings is 1. The number of sulfone groups is 1. The zero-order valence-electron chi connectivity index (χ0n) is 12.7. The van der Waals surface area contributed by atoms with E-state index in [1.54, 1.807) is 24.3 Å². The van der Waals surface area contributed by atoms with Gasteiger partial charge in [0.2, 0.25) is 9.84 Å². The highest BCUT2D eigenvalue weighted by atomic mass is 32.2. The molecule has 2 N–H and O–H groups in total. The fourth-order valence-corrected chi connectivity index (χ4v) is 6.69. The van der Waals surface area contributed by atoms with Crippen molar-refractivity contribution in [2.45, 2.75) is 43.4 Å². The second-order valence-corrected chi connectivity index (χ2v) is 9.43. The molecular formula is C18H23NO2S. The summed E-state index contributed by atoms with van der Waals surface area (Å²) in [6.45, 7) is 0. The van der Waals surface area contributed by atoms with Crippen LogP contribution in [0.5, 0.6) is 0 Å². The lowest BCUT2D eigenvalue weighted by molar-refractivity contribution is -0.0311. The first kappa shape index (κ1) is 14.3. The number of hydrogen-bond donors (Lipinski definition) is 1. The highest BCUT2D eigenvalue weighted by Crippen LogP contribution is 2.61. The normalized spacial score (nSPS) is 37.5. The van der Waals surface area contributed by atoms with E-state index in [0.717, 1.165) is 37.0 Å². The second-order valence-electron chi connectivity index (χ2n) is 7.63. The van der Waals surface area contributed by atoms with Gasteiger partial charge in [-0.3, -0.25) is 0 Å². The van der Waals surface area contributed by atoms with Crippen LogP contribution < -0.4 is 5.73 Å². The van der Waals surface area contributed by atoms with Gasteiger partial charge in [-0.15, -0.1) is 0 Å². The summed E-state index contributed by atoms with van der Waals surface area (Å²) in [6, 6.07) is 8.60. The highest BCUT2D eigenvalue weighted by molar-refractivity contribution is 7.94. The standard InChI is InChI=1S/C18H23NO2S/c19-17(12-22(20,21)16-4-2-1-3-5-16)18-9-13-6-14(10-18)8-15(7-13)11-18/h1-5,12-15H,6-11,19H2/b17-12-. The maximum atomic E-state index is 12.6. The molecule has 0 heterocycles. The lowest BCUT2D eigenvalue weighted by Crippen LogP contribution is -2.48. The van der Waals surface area contributed by atoms with Gasteiger partial charge in [0.15, 0.2) is 0 Å². The summed E-state index contributed by atoms with van der Waals surface area (Å²) >= 11 is 0. The van der Waals surface area contributed by atoms with E-state index in [1.807, 2.05) is 6.07 Å². The predicted octanol–water partition coefficient (Wildman–Crippen LogP) is 3.48. The van der Waals surface area contributed by atoms with Gasteiger partial charge in [0.1, 0.15) is 0 Å². The maximum Gasteiger partial charge on any atom is 0.201 e. The molecule has 1 aromatic carbocycles. The van der Waals surface area contributed by atoms with Gasteiger partial charge in [0.05, 0.1) is 10.3 Å². The Hall–Kier alpha value is -1.29. The predicted molar refractivity (Wildman–Crippen MR) is 86.5 cm³/mol. The van der Waals surface area contributed by atoms with E-state index in [4.69, 9.17) is 5.73 Å². The Morgan fingerprint density at radius 2 is 1.50 bits per heavy atom. The van der Waals surface area contributed by atoms with Gasteiger partial charge in [-0.25, -0.2) is 8.42 Å². The molecule has 3 nitrogen and oxygen atoms in total. The Labute approximate surface area is 132 Å². The summed E-state index contributed by atoms with van der Waals surface area (Å²) in [4.78, 5) is 0.336. The van der Waals surface area contributed by atoms with E-state index in [0.29, 0.717) is 10.6 Å². The molecule has 4 bridgehead atoms. The van der Waals surface area contributed by atoms with Crippen molar-refractivity contribution < 1.29 is 8.42 Å². The van der Waals surface area contributed by atoms with Crippen molar-refractivity contribution in [1.29, 1.82) is 0 Å². The molecular weight excluding hydrogens is 294 g/mol. The van der Waals surface area contributed by atoms with E-state index >= 15 is 0 Å². The molecule has 4 aliphatic carbocycles. The lowest BCUT2D eigenvalue weighted by Gasteiger charge is -2.57. The van der Waals surface area contributed by atoms with Crippen molar-refractivity contribution in [3.8, 4) is 0 Å². The third kappa shape index (κ3) is 2.28. The van der Waals surface area contributed by atoms with Crippen LogP contribution in [-0.2, 0) is 9.84 Å². The average molecular weight is 317 g/mol. The number of nitrogens with two attached hydrogens (primary N) is 1. The van der Waals surface area contributed by atoms with Gasteiger partial charge in [0.25, 0.3) is 0 Å². The van der Waals surface area contributed by atoms with Crippen LogP contribution in [0, 0.1) is 23.2 Å². The fraction of sp³-hybridized carbons (Fsp3) is 0.556. The zero-order chi connectivity index (χ0) is 15.4. The third-order valence-electron chi connectivity index (χ3n) is 6.00. The van der Waals surface area contributed by atoms with Gasteiger partial charge in [-0.2, -0.15) is 0 Å². The molecule has 5 rings (SSSR count). The van der Waals surface area contributed by atoms with Crippen molar-refractivity contribution in [1.82, 2.24) is 0 Å². The summed E-state index contributed by atoms with van der Waals surface area (Å²) in [7, 11) is -3.44. The minimum absolute atomic E-state index is 0.0450. The summed E-state index contributed by atoms with van der Waals surface area (Å²) in [5.74, 6) is 2.29. The van der Waals surface area contributed by atoms with Crippen LogP contribution >= 0.6 is 0 Å². The number of allylic oxidation sites excluding steroid dienone is 1. The second kappa shape index (κ2) is 4.85. The fourth-order valence-electron chi connectivity index (χ4n) is 5.43. The van der Waals surface area contributed by atoms with Crippen LogP contribution in [0.25, 0.3) is 0 Å². The third-order valence-corrected chi connectivity index (χ3v) is 7.50. The van der Waals surface area contributed by atoms with Crippen LogP contribution in [0.2, 0.25) is 0 Å². The maximum absolute atomic E-state index is 12.6. The molecule has 4 aliphatic rings. The Morgan fingerprint density at radius 3 is 2.00 bits per heavy atom. The van der Waals surface area contributed by atoms with Crippen LogP contribution in [-0.4, -0.2) is 8.42 Å². The molecule has 0 amide bonds. The minimum Gasteiger partial charge on any atom is -0.401 e. The van der Waals surface area contributed by atoms with E-state index in [9.17, 15) is 8.42 Å². The van der Waals surface area contributed by atoms with E-state index in [-0.39, 0.29) is 5.41 Å². The van der Waals surface area contributed by atoms with Crippen LogP contribution in [0.15, 0.2) is 46.3 Å². The summed E-state index contributed by atoms with van der Waals surface area (Å²) in [6.07, 6.45) is 7.26. The SMILES string of the molecule is N/C(=C\S(=O)(=O)c1ccccc1)C12CC3CC(CC(C3)C1)C2. The minimum atomic E-state index is -3.44. The first-order valence-corrected chi connectivity index (χ1v) is 9.79. The summed E-state index contributed by atoms with van der Waals surface area (Å²) in [5, 5.41) is 1.36. The molecule has 0 spiro atoms. The first-order valence-electron chi connectivity index (χ1n) is 8.25. The summed E-state index contributed by atoms with van der Waals surface area (Å²) < 4.78 is 25.2. The molecule has 22 heavy (non-hydrogen) atoms. The quantitative estimate of drug-likeness (QED) is 0.928. The average Bonchev–Trinajstić information content (AvgIpc) is 2.46. The Morgan fingerprint density at radius 1 is 1.00 bits per heavy atom. The molecule has 4 fully saturated rings. The lowest BCUT2D eigenvalue weighted by atomic mass is 9.49. The van der Waals surface area contributed by atoms with Gasteiger partial charge < -0.3 is 5.73 Å². The molecule has 4 saturated carbocycles. The Bertz CT molecular complexity index is 671. The molecule has 0 aromatic heterocycles. The summed E-state index contributed by atoms with van der Waals surface area (Å²) in [5.41, 5.74) is 6.94. The van der Waals surface area contributed by atoms with Gasteiger partial charge in [-0.1, -0.05) is 18.2 Å². The van der Waals surface area contributed by atoms with Crippen molar-refractivity contribution in [3.63, 3.8) is 0 Å². The van der Waals surface area contributed by atoms with Crippen molar-refractivity contribution in [3.05, 3.63) is 41.4 Å². The molecule has 118 valence electrons. The largest absolute Gasteiger partial charge is 0.401 e. The van der Waals surface area contributed by atoms with E-state index < -0.39 is 9.84 Å². The zero-order valence-corrected chi connectivity index (χ0v) is 13.6. The van der Waals surface area contributed by atoms with Crippen LogP contribution in [0.1, 0.15) is 38.5 Å². The molecule has 4 heteroatoms. The van der Waals surface area contributed by atoms with Crippen molar-refractivity contribution in [2.24, 2.45) is 28.9 Å². The molecule has 0 radical (unpaired) electrons. The highest BCUT2D eigenvalue weighted by Gasteiger charge is 2.52. The molecule has 0 saturated heterocycles. The first-order chi connectivity index (χ1) is 10.5. The van der Waals surface area contributed by atoms with Gasteiger partial charge in [0, 0.05) is 11.1 Å². The smallest absolute Gasteiger partial charge is 0.201 e. The number of hydrogen-bond acceptors (Lipinski definition) is 3. The molecule has 0 aliphatic heterocycles. The monoisotopic (exact) mass is 317 g/mol. The molecule has 0 unspecified atom stereocenters. The van der Waals surface area contributed by atoms with Gasteiger partial charge in [-0.05, 0) is 68.4 Å². The number of rotatable bonds is 3. The Kier molecular flexibility index (Phi) is 3.16. The van der Waals surface area contributed by atoms with Crippen molar-refractivity contribution in [2.75, 3.05) is 0 Å². The van der Waals surface area contributed by atoms with Crippen LogP contribution in [0.3, 0.4) is 0 Å². The van der Waals surface area contributed by atoms with Crippen molar-refractivity contribution >= 4 is 9.84 Å². The van der Waals surface area contributed by atoms with Gasteiger partial charge >= 0.3 is 0 Å². The topological polar surface area (TPSA) is 60.2 Å². The molecule has 0 atom stereocenters. The van der Waals surface area contributed by atoms with E-state index in [1.165, 1.54) is 24.7 Å². The molecule has 1 aromatic rings. The van der Waals surface area contributed by atoms with E-state index in [2.05, 4.69) is 0 Å². The van der Waals surface area contributed by atoms with Crippen LogP contribution in [0.4, 0.5) is 0 Å². The Balaban J connectivity index is 1.68.